The van der Waals surface area contributed by atoms with Gasteiger partial charge in [-0.25, -0.2) is 0 Å². The summed E-state index contributed by atoms with van der Waals surface area (Å²) in [4.78, 5) is 11.2. The van der Waals surface area contributed by atoms with Gasteiger partial charge in [-0.1, -0.05) is 29.8 Å². The zero-order chi connectivity index (χ0) is 11.5. The van der Waals surface area contributed by atoms with Crippen LogP contribution >= 0.6 is 11.6 Å². The molecule has 0 aliphatic heterocycles. The summed E-state index contributed by atoms with van der Waals surface area (Å²) in [6, 6.07) is 7.22. The van der Waals surface area contributed by atoms with Crippen LogP contribution in [0.2, 0.25) is 5.02 Å². The Kier molecular flexibility index (Phi) is 3.72. The van der Waals surface area contributed by atoms with Crippen molar-refractivity contribution in [2.75, 3.05) is 7.11 Å². The molecule has 82 valence electrons. The van der Waals surface area contributed by atoms with Crippen LogP contribution in [0, 0.1) is 0 Å². The number of nitrogens with two attached hydrogens (primary N) is 1. The van der Waals surface area contributed by atoms with E-state index >= 15 is 0 Å². The van der Waals surface area contributed by atoms with E-state index in [-0.39, 0.29) is 12.4 Å². The quantitative estimate of drug-likeness (QED) is 0.805. The molecule has 0 spiro atoms. The van der Waals surface area contributed by atoms with Crippen LogP contribution in [0.1, 0.15) is 18.9 Å². The van der Waals surface area contributed by atoms with Gasteiger partial charge in [-0.3, -0.25) is 4.79 Å². The highest BCUT2D eigenvalue weighted by Crippen LogP contribution is 2.28. The number of methoxy groups -OCH3 is 1. The summed E-state index contributed by atoms with van der Waals surface area (Å²) >= 11 is 6.00. The van der Waals surface area contributed by atoms with Gasteiger partial charge in [0.1, 0.15) is 0 Å². The average Bonchev–Trinajstić information content (AvgIpc) is 2.17. The topological polar surface area (TPSA) is 52.3 Å². The molecular formula is C11H14ClNO2. The number of carbonyl (C=O) groups is 1. The fourth-order valence-electron chi connectivity index (χ4n) is 1.39. The zero-order valence-electron chi connectivity index (χ0n) is 8.79. The largest absolute Gasteiger partial charge is 0.469 e. The lowest BCUT2D eigenvalue weighted by Gasteiger charge is -2.24. The van der Waals surface area contributed by atoms with Crippen molar-refractivity contribution in [3.05, 3.63) is 34.9 Å². The van der Waals surface area contributed by atoms with E-state index in [0.29, 0.717) is 5.02 Å². The molecule has 0 amide bonds. The Morgan fingerprint density at radius 2 is 2.13 bits per heavy atom. The van der Waals surface area contributed by atoms with Crippen molar-refractivity contribution in [3.8, 4) is 0 Å². The SMILES string of the molecule is COC(=O)C[C@@](C)(N)c1ccccc1Cl. The number of hydrogen-bond acceptors (Lipinski definition) is 3. The summed E-state index contributed by atoms with van der Waals surface area (Å²) in [5, 5.41) is 0.561. The smallest absolute Gasteiger partial charge is 0.307 e. The van der Waals surface area contributed by atoms with Crippen LogP contribution in [0.5, 0.6) is 0 Å². The minimum Gasteiger partial charge on any atom is -0.469 e. The standard InChI is InChI=1S/C11H14ClNO2/c1-11(13,7-10(14)15-2)8-5-3-4-6-9(8)12/h3-6H,7,13H2,1-2H3/t11-/m1/s1. The average molecular weight is 228 g/mol. The predicted molar refractivity (Wildman–Crippen MR) is 59.6 cm³/mol. The number of benzene rings is 1. The van der Waals surface area contributed by atoms with Crippen molar-refractivity contribution in [3.63, 3.8) is 0 Å². The van der Waals surface area contributed by atoms with Crippen LogP contribution in [0.3, 0.4) is 0 Å². The summed E-state index contributed by atoms with van der Waals surface area (Å²) in [7, 11) is 1.34. The Bertz CT molecular complexity index is 363. The first kappa shape index (κ1) is 12.0. The molecule has 0 radical (unpaired) electrons. The normalized spacial score (nSPS) is 14.4. The molecule has 0 unspecified atom stereocenters. The van der Waals surface area contributed by atoms with Crippen LogP contribution < -0.4 is 5.73 Å². The third-order valence-electron chi connectivity index (χ3n) is 2.23. The fraction of sp³-hybridized carbons (Fsp3) is 0.364. The van der Waals surface area contributed by atoms with Gasteiger partial charge in [-0.2, -0.15) is 0 Å². The van der Waals surface area contributed by atoms with Gasteiger partial charge in [0.05, 0.1) is 19.1 Å². The van der Waals surface area contributed by atoms with Crippen molar-refractivity contribution in [2.45, 2.75) is 18.9 Å². The number of hydrogen-bond donors (Lipinski definition) is 1. The maximum Gasteiger partial charge on any atom is 0.307 e. The lowest BCUT2D eigenvalue weighted by Crippen LogP contribution is -2.36. The van der Waals surface area contributed by atoms with Gasteiger partial charge in [0.25, 0.3) is 0 Å². The predicted octanol–water partition coefficient (Wildman–Crippen LogP) is 2.08. The molecule has 1 aromatic rings. The molecular weight excluding hydrogens is 214 g/mol. The molecule has 0 aliphatic carbocycles. The second-order valence-corrected chi connectivity index (χ2v) is 4.06. The maximum atomic E-state index is 11.2. The monoisotopic (exact) mass is 227 g/mol. The Morgan fingerprint density at radius 1 is 1.53 bits per heavy atom. The second-order valence-electron chi connectivity index (χ2n) is 3.65. The molecule has 0 bridgehead atoms. The van der Waals surface area contributed by atoms with Crippen molar-refractivity contribution in [1.82, 2.24) is 0 Å². The van der Waals surface area contributed by atoms with Crippen LogP contribution in [-0.4, -0.2) is 13.1 Å². The molecule has 2 N–H and O–H groups in total. The van der Waals surface area contributed by atoms with E-state index in [1.165, 1.54) is 7.11 Å². The fourth-order valence-corrected chi connectivity index (χ4v) is 1.74. The minimum atomic E-state index is -0.800. The first-order valence-corrected chi connectivity index (χ1v) is 4.96. The Morgan fingerprint density at radius 3 is 2.67 bits per heavy atom. The molecule has 4 heteroatoms. The molecule has 0 saturated heterocycles. The third kappa shape index (κ3) is 2.94. The third-order valence-corrected chi connectivity index (χ3v) is 2.56. The van der Waals surface area contributed by atoms with Crippen LogP contribution in [0.4, 0.5) is 0 Å². The molecule has 15 heavy (non-hydrogen) atoms. The van der Waals surface area contributed by atoms with Crippen molar-refractivity contribution in [1.29, 1.82) is 0 Å². The molecule has 0 aromatic heterocycles. The number of ether oxygens (including phenoxy) is 1. The highest BCUT2D eigenvalue weighted by Gasteiger charge is 2.27. The highest BCUT2D eigenvalue weighted by molar-refractivity contribution is 6.31. The molecule has 1 atom stereocenters. The Labute approximate surface area is 94.2 Å². The molecule has 0 fully saturated rings. The van der Waals surface area contributed by atoms with E-state index < -0.39 is 5.54 Å². The first-order chi connectivity index (χ1) is 6.97. The van der Waals surface area contributed by atoms with E-state index in [1.807, 2.05) is 18.2 Å². The van der Waals surface area contributed by atoms with E-state index in [4.69, 9.17) is 17.3 Å². The summed E-state index contributed by atoms with van der Waals surface area (Å²) in [5.74, 6) is -0.347. The Hall–Kier alpha value is -1.06. The van der Waals surface area contributed by atoms with Crippen LogP contribution in [-0.2, 0) is 15.1 Å². The molecule has 1 aromatic carbocycles. The summed E-state index contributed by atoms with van der Waals surface area (Å²) < 4.78 is 4.59. The number of esters is 1. The maximum absolute atomic E-state index is 11.2. The first-order valence-electron chi connectivity index (χ1n) is 4.58. The van der Waals surface area contributed by atoms with E-state index in [1.54, 1.807) is 13.0 Å². The minimum absolute atomic E-state index is 0.104. The molecule has 1 rings (SSSR count). The van der Waals surface area contributed by atoms with Crippen LogP contribution in [0.25, 0.3) is 0 Å². The molecule has 0 heterocycles. The summed E-state index contributed by atoms with van der Waals surface area (Å²) in [6.07, 6.45) is 0.104. The van der Waals surface area contributed by atoms with Gasteiger partial charge in [-0.15, -0.1) is 0 Å². The summed E-state index contributed by atoms with van der Waals surface area (Å²) in [5.41, 5.74) is 5.98. The lowest BCUT2D eigenvalue weighted by atomic mass is 9.90. The van der Waals surface area contributed by atoms with E-state index in [0.717, 1.165) is 5.56 Å². The highest BCUT2D eigenvalue weighted by atomic mass is 35.5. The van der Waals surface area contributed by atoms with Gasteiger partial charge in [0.2, 0.25) is 0 Å². The molecule has 0 aliphatic rings. The number of halogens is 1. The van der Waals surface area contributed by atoms with Crippen LogP contribution in [0.15, 0.2) is 24.3 Å². The van der Waals surface area contributed by atoms with E-state index in [9.17, 15) is 4.79 Å². The lowest BCUT2D eigenvalue weighted by molar-refractivity contribution is -0.141. The van der Waals surface area contributed by atoms with E-state index in [2.05, 4.69) is 4.74 Å². The van der Waals surface area contributed by atoms with Crippen molar-refractivity contribution >= 4 is 17.6 Å². The Balaban J connectivity index is 2.95. The van der Waals surface area contributed by atoms with Gasteiger partial charge < -0.3 is 10.5 Å². The molecule has 3 nitrogen and oxygen atoms in total. The van der Waals surface area contributed by atoms with Crippen molar-refractivity contribution < 1.29 is 9.53 Å². The van der Waals surface area contributed by atoms with Gasteiger partial charge >= 0.3 is 5.97 Å². The van der Waals surface area contributed by atoms with Gasteiger partial charge in [-0.05, 0) is 18.6 Å². The zero-order valence-corrected chi connectivity index (χ0v) is 9.54. The summed E-state index contributed by atoms with van der Waals surface area (Å²) in [6.45, 7) is 1.76. The van der Waals surface area contributed by atoms with Gasteiger partial charge in [0.15, 0.2) is 0 Å². The second kappa shape index (κ2) is 4.64. The number of carbonyl (C=O) groups excluding carboxylic acids is 1. The van der Waals surface area contributed by atoms with Crippen molar-refractivity contribution in [2.24, 2.45) is 5.73 Å². The number of rotatable bonds is 3. The van der Waals surface area contributed by atoms with Gasteiger partial charge in [0, 0.05) is 5.02 Å². The molecule has 0 saturated carbocycles.